The number of nitrogens with zero attached hydrogens (tertiary/aromatic N) is 3. The maximum absolute atomic E-state index is 12.0. The molecule has 0 saturated carbocycles. The summed E-state index contributed by atoms with van der Waals surface area (Å²) < 4.78 is 7.09. The highest BCUT2D eigenvalue weighted by atomic mass is 16.5. The highest BCUT2D eigenvalue weighted by molar-refractivity contribution is 5.76. The topological polar surface area (TPSA) is 57.0 Å². The Labute approximate surface area is 112 Å². The lowest BCUT2D eigenvalue weighted by Gasteiger charge is -2.11. The molecule has 0 aliphatic heterocycles. The number of carbonyl (C=O) groups excluding carboxylic acids is 1. The number of ether oxygens (including phenoxy) is 1. The fourth-order valence-electron chi connectivity index (χ4n) is 1.76. The van der Waals surface area contributed by atoms with Crippen LogP contribution in [0.3, 0.4) is 0 Å². The second kappa shape index (κ2) is 5.65. The summed E-state index contributed by atoms with van der Waals surface area (Å²) in [5, 5.41) is 7.95. The minimum absolute atomic E-state index is 0.279. The third kappa shape index (κ3) is 2.99. The Bertz CT molecular complexity index is 563. The summed E-state index contributed by atoms with van der Waals surface area (Å²) in [5.41, 5.74) is 0.970. The molecule has 1 unspecified atom stereocenters. The molecule has 2 rings (SSSR count). The van der Waals surface area contributed by atoms with Crippen molar-refractivity contribution in [3.63, 3.8) is 0 Å². The first-order chi connectivity index (χ1) is 9.09. The Kier molecular flexibility index (Phi) is 3.94. The van der Waals surface area contributed by atoms with Crippen molar-refractivity contribution in [2.45, 2.75) is 26.4 Å². The lowest BCUT2D eigenvalue weighted by atomic mass is 10.1. The standard InChI is InChI=1S/C14H17N3O2/c1-10(13-16-15-11(2)17(13)3)14(18)19-9-12-7-5-4-6-8-12/h4-8,10H,9H2,1-3H3. The number of rotatable bonds is 4. The van der Waals surface area contributed by atoms with Crippen LogP contribution in [0.5, 0.6) is 0 Å². The fourth-order valence-corrected chi connectivity index (χ4v) is 1.76. The van der Waals surface area contributed by atoms with Crippen LogP contribution < -0.4 is 0 Å². The van der Waals surface area contributed by atoms with Crippen molar-refractivity contribution in [3.8, 4) is 0 Å². The van der Waals surface area contributed by atoms with E-state index in [1.807, 2.05) is 44.3 Å². The van der Waals surface area contributed by atoms with E-state index in [0.717, 1.165) is 11.4 Å². The molecule has 0 amide bonds. The lowest BCUT2D eigenvalue weighted by Crippen LogP contribution is -2.17. The van der Waals surface area contributed by atoms with Gasteiger partial charge in [0.1, 0.15) is 24.2 Å². The first-order valence-electron chi connectivity index (χ1n) is 6.16. The number of benzene rings is 1. The van der Waals surface area contributed by atoms with Crippen molar-refractivity contribution in [1.29, 1.82) is 0 Å². The molecule has 0 spiro atoms. The number of carbonyl (C=O) groups is 1. The van der Waals surface area contributed by atoms with Gasteiger partial charge in [0, 0.05) is 7.05 Å². The predicted molar refractivity (Wildman–Crippen MR) is 70.4 cm³/mol. The number of aromatic nitrogens is 3. The zero-order valence-electron chi connectivity index (χ0n) is 11.3. The highest BCUT2D eigenvalue weighted by Gasteiger charge is 2.22. The molecule has 0 bridgehead atoms. The van der Waals surface area contributed by atoms with Gasteiger partial charge in [0.25, 0.3) is 0 Å². The minimum atomic E-state index is -0.421. The molecule has 0 aliphatic carbocycles. The van der Waals surface area contributed by atoms with Gasteiger partial charge >= 0.3 is 5.97 Å². The summed E-state index contributed by atoms with van der Waals surface area (Å²) in [5.74, 6) is 0.683. The van der Waals surface area contributed by atoms with Crippen LogP contribution in [0, 0.1) is 6.92 Å². The van der Waals surface area contributed by atoms with Crippen LogP contribution in [-0.4, -0.2) is 20.7 Å². The summed E-state index contributed by atoms with van der Waals surface area (Å²) in [6.45, 7) is 3.90. The number of aryl methyl sites for hydroxylation is 1. The Morgan fingerprint density at radius 3 is 2.58 bits per heavy atom. The molecular weight excluding hydrogens is 242 g/mol. The van der Waals surface area contributed by atoms with Crippen LogP contribution in [0.1, 0.15) is 30.1 Å². The van der Waals surface area contributed by atoms with E-state index in [2.05, 4.69) is 10.2 Å². The van der Waals surface area contributed by atoms with E-state index in [-0.39, 0.29) is 12.6 Å². The molecule has 5 heteroatoms. The Morgan fingerprint density at radius 1 is 1.32 bits per heavy atom. The van der Waals surface area contributed by atoms with Gasteiger partial charge < -0.3 is 9.30 Å². The average Bonchev–Trinajstić information content (AvgIpc) is 2.77. The molecule has 1 aromatic heterocycles. The van der Waals surface area contributed by atoms with Crippen LogP contribution in [0.2, 0.25) is 0 Å². The largest absolute Gasteiger partial charge is 0.460 e. The van der Waals surface area contributed by atoms with Gasteiger partial charge in [-0.3, -0.25) is 4.79 Å². The predicted octanol–water partition coefficient (Wildman–Crippen LogP) is 1.97. The van der Waals surface area contributed by atoms with Crippen molar-refractivity contribution in [2.75, 3.05) is 0 Å². The van der Waals surface area contributed by atoms with Gasteiger partial charge in [0.05, 0.1) is 0 Å². The monoisotopic (exact) mass is 259 g/mol. The first kappa shape index (κ1) is 13.3. The molecule has 1 aromatic carbocycles. The Morgan fingerprint density at radius 2 is 2.00 bits per heavy atom. The molecule has 0 aliphatic rings. The van der Waals surface area contributed by atoms with Gasteiger partial charge in [-0.1, -0.05) is 30.3 Å². The van der Waals surface area contributed by atoms with Crippen molar-refractivity contribution < 1.29 is 9.53 Å². The summed E-state index contributed by atoms with van der Waals surface area (Å²) in [6, 6.07) is 9.60. The van der Waals surface area contributed by atoms with E-state index in [1.165, 1.54) is 0 Å². The smallest absolute Gasteiger partial charge is 0.316 e. The normalized spacial score (nSPS) is 12.2. The second-order valence-corrected chi connectivity index (χ2v) is 4.48. The molecule has 0 N–H and O–H groups in total. The Balaban J connectivity index is 1.98. The van der Waals surface area contributed by atoms with Gasteiger partial charge in [0.15, 0.2) is 0 Å². The first-order valence-corrected chi connectivity index (χ1v) is 6.16. The van der Waals surface area contributed by atoms with E-state index in [1.54, 1.807) is 11.5 Å². The fraction of sp³-hybridized carbons (Fsp3) is 0.357. The highest BCUT2D eigenvalue weighted by Crippen LogP contribution is 2.15. The van der Waals surface area contributed by atoms with Crippen molar-refractivity contribution in [2.24, 2.45) is 7.05 Å². The van der Waals surface area contributed by atoms with Gasteiger partial charge in [-0.2, -0.15) is 0 Å². The molecule has 0 fully saturated rings. The van der Waals surface area contributed by atoms with Crippen LogP contribution in [-0.2, 0) is 23.2 Å². The lowest BCUT2D eigenvalue weighted by molar-refractivity contribution is -0.146. The van der Waals surface area contributed by atoms with Gasteiger partial charge in [-0.15, -0.1) is 10.2 Å². The second-order valence-electron chi connectivity index (χ2n) is 4.48. The summed E-state index contributed by atoms with van der Waals surface area (Å²) >= 11 is 0. The molecule has 0 radical (unpaired) electrons. The average molecular weight is 259 g/mol. The van der Waals surface area contributed by atoms with E-state index < -0.39 is 5.92 Å². The van der Waals surface area contributed by atoms with Crippen LogP contribution in [0.25, 0.3) is 0 Å². The van der Waals surface area contributed by atoms with E-state index >= 15 is 0 Å². The SMILES string of the molecule is Cc1nnc(C(C)C(=O)OCc2ccccc2)n1C. The zero-order valence-corrected chi connectivity index (χ0v) is 11.3. The molecule has 1 atom stereocenters. The third-order valence-corrected chi connectivity index (χ3v) is 3.09. The van der Waals surface area contributed by atoms with Crippen molar-refractivity contribution >= 4 is 5.97 Å². The summed E-state index contributed by atoms with van der Waals surface area (Å²) in [7, 11) is 1.84. The van der Waals surface area contributed by atoms with E-state index in [4.69, 9.17) is 4.74 Å². The maximum Gasteiger partial charge on any atom is 0.316 e. The number of hydrogen-bond acceptors (Lipinski definition) is 4. The molecule has 19 heavy (non-hydrogen) atoms. The molecule has 2 aromatic rings. The molecule has 100 valence electrons. The minimum Gasteiger partial charge on any atom is -0.460 e. The van der Waals surface area contributed by atoms with Crippen LogP contribution in [0.4, 0.5) is 0 Å². The summed E-state index contributed by atoms with van der Waals surface area (Å²) in [6.07, 6.45) is 0. The molecule has 5 nitrogen and oxygen atoms in total. The number of hydrogen-bond donors (Lipinski definition) is 0. The van der Waals surface area contributed by atoms with Crippen molar-refractivity contribution in [3.05, 3.63) is 47.5 Å². The van der Waals surface area contributed by atoms with Gasteiger partial charge in [-0.25, -0.2) is 0 Å². The van der Waals surface area contributed by atoms with Gasteiger partial charge in [0.2, 0.25) is 0 Å². The van der Waals surface area contributed by atoms with Gasteiger partial charge in [-0.05, 0) is 19.4 Å². The van der Waals surface area contributed by atoms with Crippen molar-refractivity contribution in [1.82, 2.24) is 14.8 Å². The molecule has 0 saturated heterocycles. The van der Waals surface area contributed by atoms with Crippen LogP contribution >= 0.6 is 0 Å². The maximum atomic E-state index is 12.0. The van der Waals surface area contributed by atoms with Crippen LogP contribution in [0.15, 0.2) is 30.3 Å². The zero-order chi connectivity index (χ0) is 13.8. The molecule has 1 heterocycles. The molecular formula is C14H17N3O2. The third-order valence-electron chi connectivity index (χ3n) is 3.09. The Hall–Kier alpha value is -2.17. The van der Waals surface area contributed by atoms with E-state index in [0.29, 0.717) is 5.82 Å². The summed E-state index contributed by atoms with van der Waals surface area (Å²) in [4.78, 5) is 12.0. The quantitative estimate of drug-likeness (QED) is 0.788. The van der Waals surface area contributed by atoms with E-state index in [9.17, 15) is 4.79 Å². The number of esters is 1.